The summed E-state index contributed by atoms with van der Waals surface area (Å²) >= 11 is 0. The minimum absolute atomic E-state index is 0.184. The molecule has 0 fully saturated rings. The van der Waals surface area contributed by atoms with Crippen molar-refractivity contribution in [2.24, 2.45) is 11.3 Å². The Kier molecular flexibility index (Phi) is 3.92. The van der Waals surface area contributed by atoms with Crippen LogP contribution >= 0.6 is 0 Å². The molecule has 0 amide bonds. The van der Waals surface area contributed by atoms with Gasteiger partial charge in [0, 0.05) is 6.61 Å². The quantitative estimate of drug-likeness (QED) is 0.803. The largest absolute Gasteiger partial charge is 0.396 e. The first-order valence-electron chi connectivity index (χ1n) is 5.62. The summed E-state index contributed by atoms with van der Waals surface area (Å²) in [6.07, 6.45) is 0. The number of aliphatic hydroxyl groups excluding tert-OH is 1. The SMILES string of the molecule is CC(CO)C(c1ccccc1)C(C)(C)C. The Morgan fingerprint density at radius 2 is 1.67 bits per heavy atom. The summed E-state index contributed by atoms with van der Waals surface area (Å²) in [6, 6.07) is 10.5. The Morgan fingerprint density at radius 1 is 1.13 bits per heavy atom. The predicted octanol–water partition coefficient (Wildman–Crippen LogP) is 3.44. The maximum atomic E-state index is 9.33. The molecule has 0 aromatic heterocycles. The molecule has 1 rings (SSSR count). The summed E-state index contributed by atoms with van der Waals surface area (Å²) in [7, 11) is 0. The van der Waals surface area contributed by atoms with E-state index in [1.807, 2.05) is 6.07 Å². The Hall–Kier alpha value is -0.820. The van der Waals surface area contributed by atoms with Gasteiger partial charge in [-0.15, -0.1) is 0 Å². The third-order valence-electron chi connectivity index (χ3n) is 2.95. The highest BCUT2D eigenvalue weighted by Gasteiger charge is 2.30. The first-order valence-corrected chi connectivity index (χ1v) is 5.62. The lowest BCUT2D eigenvalue weighted by atomic mass is 9.70. The number of hydrogen-bond acceptors (Lipinski definition) is 1. The summed E-state index contributed by atoms with van der Waals surface area (Å²) in [6.45, 7) is 9.06. The molecule has 0 bridgehead atoms. The smallest absolute Gasteiger partial charge is 0.0462 e. The maximum absolute atomic E-state index is 9.33. The predicted molar refractivity (Wildman–Crippen MR) is 64.9 cm³/mol. The van der Waals surface area contributed by atoms with Gasteiger partial charge in [-0.2, -0.15) is 0 Å². The van der Waals surface area contributed by atoms with Crippen LogP contribution in [0.5, 0.6) is 0 Å². The third kappa shape index (κ3) is 3.07. The fraction of sp³-hybridized carbons (Fsp3) is 0.571. The van der Waals surface area contributed by atoms with Gasteiger partial charge in [0.2, 0.25) is 0 Å². The van der Waals surface area contributed by atoms with Crippen LogP contribution < -0.4 is 0 Å². The zero-order valence-electron chi connectivity index (χ0n) is 10.2. The second-order valence-electron chi connectivity index (χ2n) is 5.41. The van der Waals surface area contributed by atoms with Crippen LogP contribution in [0.25, 0.3) is 0 Å². The summed E-state index contributed by atoms with van der Waals surface area (Å²) in [5.74, 6) is 0.705. The summed E-state index contributed by atoms with van der Waals surface area (Å²) in [5.41, 5.74) is 1.51. The minimum Gasteiger partial charge on any atom is -0.396 e. The molecule has 0 saturated heterocycles. The van der Waals surface area contributed by atoms with Crippen molar-refractivity contribution in [3.63, 3.8) is 0 Å². The second-order valence-corrected chi connectivity index (χ2v) is 5.41. The zero-order chi connectivity index (χ0) is 11.5. The molecule has 0 aliphatic rings. The summed E-state index contributed by atoms with van der Waals surface area (Å²) < 4.78 is 0. The van der Waals surface area contributed by atoms with Crippen molar-refractivity contribution >= 4 is 0 Å². The molecule has 0 saturated carbocycles. The minimum atomic E-state index is 0.184. The van der Waals surface area contributed by atoms with Crippen LogP contribution in [-0.2, 0) is 0 Å². The van der Waals surface area contributed by atoms with Crippen molar-refractivity contribution in [3.8, 4) is 0 Å². The third-order valence-corrected chi connectivity index (χ3v) is 2.95. The van der Waals surface area contributed by atoms with Gasteiger partial charge in [0.05, 0.1) is 0 Å². The Labute approximate surface area is 93.1 Å². The molecule has 1 aromatic rings. The van der Waals surface area contributed by atoms with Crippen LogP contribution in [0.2, 0.25) is 0 Å². The molecule has 0 heterocycles. The average Bonchev–Trinajstić information content (AvgIpc) is 2.17. The van der Waals surface area contributed by atoms with Crippen LogP contribution in [0, 0.1) is 11.3 Å². The molecule has 0 aliphatic heterocycles. The average molecular weight is 206 g/mol. The lowest BCUT2D eigenvalue weighted by molar-refractivity contribution is 0.159. The van der Waals surface area contributed by atoms with Gasteiger partial charge in [0.15, 0.2) is 0 Å². The van der Waals surface area contributed by atoms with Crippen molar-refractivity contribution < 1.29 is 5.11 Å². The van der Waals surface area contributed by atoms with Crippen LogP contribution in [0.3, 0.4) is 0 Å². The van der Waals surface area contributed by atoms with Gasteiger partial charge >= 0.3 is 0 Å². The Bertz CT molecular complexity index is 284. The molecule has 1 heteroatoms. The van der Waals surface area contributed by atoms with Crippen molar-refractivity contribution in [1.82, 2.24) is 0 Å². The van der Waals surface area contributed by atoms with Crippen molar-refractivity contribution in [2.75, 3.05) is 6.61 Å². The number of aliphatic hydroxyl groups is 1. The van der Waals surface area contributed by atoms with Gasteiger partial charge in [0.25, 0.3) is 0 Å². The van der Waals surface area contributed by atoms with Gasteiger partial charge in [0.1, 0.15) is 0 Å². The summed E-state index contributed by atoms with van der Waals surface area (Å²) in [4.78, 5) is 0. The maximum Gasteiger partial charge on any atom is 0.0462 e. The van der Waals surface area contributed by atoms with Crippen LogP contribution in [0.4, 0.5) is 0 Å². The van der Waals surface area contributed by atoms with Crippen LogP contribution in [0.1, 0.15) is 39.2 Å². The number of hydrogen-bond donors (Lipinski definition) is 1. The van der Waals surface area contributed by atoms with Gasteiger partial charge < -0.3 is 5.11 Å². The Balaban J connectivity index is 3.02. The van der Waals surface area contributed by atoms with E-state index in [0.717, 1.165) is 0 Å². The normalized spacial score (nSPS) is 16.1. The lowest BCUT2D eigenvalue weighted by Gasteiger charge is -2.35. The molecule has 1 N–H and O–H groups in total. The van der Waals surface area contributed by atoms with Crippen LogP contribution in [0.15, 0.2) is 30.3 Å². The molecule has 2 unspecified atom stereocenters. The fourth-order valence-corrected chi connectivity index (χ4v) is 2.45. The highest BCUT2D eigenvalue weighted by Crippen LogP contribution is 2.40. The summed E-state index contributed by atoms with van der Waals surface area (Å²) in [5, 5.41) is 9.33. The molecular formula is C14H22O. The van der Waals surface area contributed by atoms with Gasteiger partial charge in [-0.3, -0.25) is 0 Å². The lowest BCUT2D eigenvalue weighted by Crippen LogP contribution is -2.26. The first kappa shape index (κ1) is 12.3. The topological polar surface area (TPSA) is 20.2 Å². The molecule has 1 nitrogen and oxygen atoms in total. The van der Waals surface area contributed by atoms with E-state index in [2.05, 4.69) is 52.0 Å². The van der Waals surface area contributed by atoms with E-state index < -0.39 is 0 Å². The number of rotatable bonds is 3. The molecule has 84 valence electrons. The van der Waals surface area contributed by atoms with Crippen molar-refractivity contribution in [2.45, 2.75) is 33.6 Å². The highest BCUT2D eigenvalue weighted by atomic mass is 16.3. The standard InChI is InChI=1S/C14H22O/c1-11(10-15)13(14(2,3)4)12-8-6-5-7-9-12/h5-9,11,13,15H,10H2,1-4H3. The van der Waals surface area contributed by atoms with E-state index in [-0.39, 0.29) is 12.0 Å². The van der Waals surface area contributed by atoms with Crippen molar-refractivity contribution in [1.29, 1.82) is 0 Å². The number of benzene rings is 1. The van der Waals surface area contributed by atoms with Crippen LogP contribution in [-0.4, -0.2) is 11.7 Å². The Morgan fingerprint density at radius 3 is 2.07 bits per heavy atom. The highest BCUT2D eigenvalue weighted by molar-refractivity contribution is 5.22. The monoisotopic (exact) mass is 206 g/mol. The van der Waals surface area contributed by atoms with E-state index in [4.69, 9.17) is 0 Å². The fourth-order valence-electron chi connectivity index (χ4n) is 2.45. The molecule has 15 heavy (non-hydrogen) atoms. The van der Waals surface area contributed by atoms with Crippen molar-refractivity contribution in [3.05, 3.63) is 35.9 Å². The van der Waals surface area contributed by atoms with E-state index in [1.165, 1.54) is 5.56 Å². The molecule has 0 radical (unpaired) electrons. The first-order chi connectivity index (χ1) is 6.96. The zero-order valence-corrected chi connectivity index (χ0v) is 10.2. The van der Waals surface area contributed by atoms with E-state index >= 15 is 0 Å². The molecule has 0 aliphatic carbocycles. The molecular weight excluding hydrogens is 184 g/mol. The second kappa shape index (κ2) is 4.80. The molecule has 2 atom stereocenters. The molecule has 1 aromatic carbocycles. The van der Waals surface area contributed by atoms with Gasteiger partial charge in [-0.25, -0.2) is 0 Å². The van der Waals surface area contributed by atoms with Gasteiger partial charge in [-0.1, -0.05) is 58.0 Å². The van der Waals surface area contributed by atoms with E-state index in [9.17, 15) is 5.11 Å². The van der Waals surface area contributed by atoms with E-state index in [1.54, 1.807) is 0 Å². The molecule has 0 spiro atoms. The van der Waals surface area contributed by atoms with Gasteiger partial charge in [-0.05, 0) is 22.8 Å². The van der Waals surface area contributed by atoms with E-state index in [0.29, 0.717) is 11.8 Å².